The van der Waals surface area contributed by atoms with Crippen LogP contribution < -0.4 is 10.1 Å². The van der Waals surface area contributed by atoms with Crippen LogP contribution in [0.1, 0.15) is 17.2 Å². The maximum absolute atomic E-state index is 12.4. The van der Waals surface area contributed by atoms with Crippen molar-refractivity contribution in [3.63, 3.8) is 0 Å². The van der Waals surface area contributed by atoms with E-state index >= 15 is 0 Å². The van der Waals surface area contributed by atoms with Gasteiger partial charge in [-0.2, -0.15) is 0 Å². The van der Waals surface area contributed by atoms with Gasteiger partial charge in [0.1, 0.15) is 5.75 Å². The summed E-state index contributed by atoms with van der Waals surface area (Å²) in [6, 6.07) is 14.4. The van der Waals surface area contributed by atoms with Crippen molar-refractivity contribution in [1.82, 2.24) is 5.32 Å². The summed E-state index contributed by atoms with van der Waals surface area (Å²) in [6.07, 6.45) is -5.64. The molecule has 2 aromatic rings. The highest BCUT2D eigenvalue weighted by molar-refractivity contribution is 5.82. The van der Waals surface area contributed by atoms with Crippen molar-refractivity contribution in [3.05, 3.63) is 65.7 Å². The van der Waals surface area contributed by atoms with Gasteiger partial charge in [-0.1, -0.05) is 48.5 Å². The average Bonchev–Trinajstić information content (AvgIpc) is 2.54. The zero-order valence-electron chi connectivity index (χ0n) is 12.8. The van der Waals surface area contributed by atoms with E-state index in [4.69, 9.17) is 4.74 Å². The second kappa shape index (κ2) is 7.83. The Labute approximate surface area is 137 Å². The van der Waals surface area contributed by atoms with Gasteiger partial charge in [0.2, 0.25) is 0 Å². The van der Waals surface area contributed by atoms with Crippen molar-refractivity contribution in [2.75, 3.05) is 7.11 Å². The SMILES string of the molecule is COC(C(=O)NCc1ccccc1OC(F)(F)F)c1ccccc1. The van der Waals surface area contributed by atoms with Gasteiger partial charge in [-0.05, 0) is 11.6 Å². The summed E-state index contributed by atoms with van der Waals surface area (Å²) in [6.45, 7) is -0.113. The predicted octanol–water partition coefficient (Wildman–Crippen LogP) is 3.59. The molecule has 7 heteroatoms. The fourth-order valence-corrected chi connectivity index (χ4v) is 2.17. The van der Waals surface area contributed by atoms with Gasteiger partial charge in [0.25, 0.3) is 5.91 Å². The molecule has 1 atom stereocenters. The van der Waals surface area contributed by atoms with E-state index in [1.165, 1.54) is 25.3 Å². The molecule has 2 aromatic carbocycles. The summed E-state index contributed by atoms with van der Waals surface area (Å²) in [5.41, 5.74) is 0.864. The van der Waals surface area contributed by atoms with Crippen LogP contribution in [-0.4, -0.2) is 19.4 Å². The topological polar surface area (TPSA) is 47.6 Å². The Hall–Kier alpha value is -2.54. The van der Waals surface area contributed by atoms with E-state index in [9.17, 15) is 18.0 Å². The lowest BCUT2D eigenvalue weighted by molar-refractivity contribution is -0.274. The number of hydrogen-bond acceptors (Lipinski definition) is 3. The van der Waals surface area contributed by atoms with E-state index in [2.05, 4.69) is 10.1 Å². The predicted molar refractivity (Wildman–Crippen MR) is 81.2 cm³/mol. The van der Waals surface area contributed by atoms with Crippen LogP contribution in [0.2, 0.25) is 0 Å². The minimum Gasteiger partial charge on any atom is -0.405 e. The normalized spacial score (nSPS) is 12.5. The van der Waals surface area contributed by atoms with Crippen molar-refractivity contribution in [3.8, 4) is 5.75 Å². The zero-order valence-corrected chi connectivity index (χ0v) is 12.8. The molecule has 0 fully saturated rings. The van der Waals surface area contributed by atoms with Crippen LogP contribution in [0.5, 0.6) is 5.75 Å². The van der Waals surface area contributed by atoms with Gasteiger partial charge < -0.3 is 14.8 Å². The van der Waals surface area contributed by atoms with E-state index in [1.807, 2.05) is 0 Å². The number of nitrogens with one attached hydrogen (secondary N) is 1. The van der Waals surface area contributed by atoms with Gasteiger partial charge in [0.05, 0.1) is 0 Å². The van der Waals surface area contributed by atoms with E-state index in [0.717, 1.165) is 0 Å². The van der Waals surface area contributed by atoms with E-state index in [0.29, 0.717) is 5.56 Å². The lowest BCUT2D eigenvalue weighted by Crippen LogP contribution is -2.30. The minimum absolute atomic E-state index is 0.113. The Bertz CT molecular complexity index is 674. The highest BCUT2D eigenvalue weighted by Gasteiger charge is 2.32. The fraction of sp³-hybridized carbons (Fsp3) is 0.235. The first-order chi connectivity index (χ1) is 11.4. The molecule has 128 valence electrons. The molecule has 1 N–H and O–H groups in total. The number of para-hydroxylation sites is 1. The summed E-state index contributed by atoms with van der Waals surface area (Å²) in [5.74, 6) is -0.801. The molecule has 0 saturated heterocycles. The van der Waals surface area contributed by atoms with Crippen LogP contribution in [0.15, 0.2) is 54.6 Å². The molecule has 1 amide bonds. The number of hydrogen-bond donors (Lipinski definition) is 1. The second-order valence-corrected chi connectivity index (χ2v) is 4.90. The molecule has 4 nitrogen and oxygen atoms in total. The Morgan fingerprint density at radius 2 is 1.71 bits per heavy atom. The maximum Gasteiger partial charge on any atom is 0.573 e. The largest absolute Gasteiger partial charge is 0.573 e. The number of methoxy groups -OCH3 is 1. The van der Waals surface area contributed by atoms with E-state index in [-0.39, 0.29) is 17.9 Å². The Morgan fingerprint density at radius 1 is 1.08 bits per heavy atom. The van der Waals surface area contributed by atoms with Crippen molar-refractivity contribution >= 4 is 5.91 Å². The molecule has 1 unspecified atom stereocenters. The lowest BCUT2D eigenvalue weighted by atomic mass is 10.1. The number of benzene rings is 2. The van der Waals surface area contributed by atoms with Crippen LogP contribution in [0, 0.1) is 0 Å². The average molecular weight is 339 g/mol. The van der Waals surface area contributed by atoms with Gasteiger partial charge in [-0.15, -0.1) is 13.2 Å². The summed E-state index contributed by atoms with van der Waals surface area (Å²) in [5, 5.41) is 2.56. The highest BCUT2D eigenvalue weighted by atomic mass is 19.4. The van der Waals surface area contributed by atoms with Crippen LogP contribution in [0.25, 0.3) is 0 Å². The highest BCUT2D eigenvalue weighted by Crippen LogP contribution is 2.26. The third-order valence-electron chi connectivity index (χ3n) is 3.23. The first kappa shape index (κ1) is 17.8. The summed E-state index contributed by atoms with van der Waals surface area (Å²) in [7, 11) is 1.39. The van der Waals surface area contributed by atoms with Gasteiger partial charge in [0, 0.05) is 19.2 Å². The van der Waals surface area contributed by atoms with Gasteiger partial charge in [0.15, 0.2) is 6.10 Å². The molecular weight excluding hydrogens is 323 g/mol. The molecule has 0 saturated carbocycles. The van der Waals surface area contributed by atoms with E-state index < -0.39 is 18.4 Å². The molecule has 0 aliphatic rings. The van der Waals surface area contributed by atoms with Crippen molar-refractivity contribution < 1.29 is 27.4 Å². The molecule has 2 rings (SSSR count). The van der Waals surface area contributed by atoms with E-state index in [1.54, 1.807) is 36.4 Å². The second-order valence-electron chi connectivity index (χ2n) is 4.90. The number of alkyl halides is 3. The maximum atomic E-state index is 12.4. The lowest BCUT2D eigenvalue weighted by Gasteiger charge is -2.17. The Balaban J connectivity index is 2.06. The molecule has 0 aromatic heterocycles. The zero-order chi connectivity index (χ0) is 17.6. The summed E-state index contributed by atoms with van der Waals surface area (Å²) in [4.78, 5) is 12.2. The number of carbonyl (C=O) groups is 1. The molecule has 0 aliphatic carbocycles. The van der Waals surface area contributed by atoms with Crippen molar-refractivity contribution in [2.45, 2.75) is 19.0 Å². The Morgan fingerprint density at radius 3 is 2.33 bits per heavy atom. The molecule has 0 aliphatic heterocycles. The molecule has 0 bridgehead atoms. The van der Waals surface area contributed by atoms with Gasteiger partial charge in [-0.3, -0.25) is 4.79 Å². The molecule has 0 radical (unpaired) electrons. The van der Waals surface area contributed by atoms with Crippen molar-refractivity contribution in [2.24, 2.45) is 0 Å². The monoisotopic (exact) mass is 339 g/mol. The van der Waals surface area contributed by atoms with Gasteiger partial charge >= 0.3 is 6.36 Å². The molecular formula is C17H16F3NO3. The Kier molecular flexibility index (Phi) is 5.81. The number of ether oxygens (including phenoxy) is 2. The van der Waals surface area contributed by atoms with Crippen molar-refractivity contribution in [1.29, 1.82) is 0 Å². The smallest absolute Gasteiger partial charge is 0.405 e. The summed E-state index contributed by atoms with van der Waals surface area (Å²) >= 11 is 0. The number of amides is 1. The third kappa shape index (κ3) is 4.99. The van der Waals surface area contributed by atoms with Crippen LogP contribution >= 0.6 is 0 Å². The third-order valence-corrected chi connectivity index (χ3v) is 3.23. The van der Waals surface area contributed by atoms with Crippen LogP contribution in [0.4, 0.5) is 13.2 Å². The summed E-state index contributed by atoms with van der Waals surface area (Å²) < 4.78 is 46.3. The van der Waals surface area contributed by atoms with Gasteiger partial charge in [-0.25, -0.2) is 0 Å². The minimum atomic E-state index is -4.79. The first-order valence-electron chi connectivity index (χ1n) is 7.10. The number of halogens is 3. The van der Waals surface area contributed by atoms with Crippen LogP contribution in [0.3, 0.4) is 0 Å². The van der Waals surface area contributed by atoms with Crippen LogP contribution in [-0.2, 0) is 16.1 Å². The molecule has 0 heterocycles. The standard InChI is InChI=1S/C17H16F3NO3/c1-23-15(12-7-3-2-4-8-12)16(22)21-11-13-9-5-6-10-14(13)24-17(18,19)20/h2-10,15H,11H2,1H3,(H,21,22). The first-order valence-corrected chi connectivity index (χ1v) is 7.10. The number of rotatable bonds is 6. The fourth-order valence-electron chi connectivity index (χ4n) is 2.17. The number of carbonyl (C=O) groups excluding carboxylic acids is 1. The molecule has 0 spiro atoms. The molecule has 24 heavy (non-hydrogen) atoms. The quantitative estimate of drug-likeness (QED) is 0.875.